The standard InChI is InChI=1S/C26H14O6S/c27-25-18-6-2-4-8-23(18)33(29,30)24-13-15(9-11-19(24)25)26(28)31-16-10-12-22-20(14-16)17-5-1-3-7-21(17)32-22/h1-14H. The molecule has 0 saturated carbocycles. The van der Waals surface area contributed by atoms with Gasteiger partial charge in [-0.2, -0.15) is 0 Å². The van der Waals surface area contributed by atoms with Gasteiger partial charge in [0.2, 0.25) is 9.84 Å². The molecule has 0 radical (unpaired) electrons. The van der Waals surface area contributed by atoms with Crippen molar-refractivity contribution in [2.24, 2.45) is 0 Å². The van der Waals surface area contributed by atoms with E-state index in [1.165, 1.54) is 30.3 Å². The van der Waals surface area contributed by atoms with Crippen LogP contribution in [0.4, 0.5) is 0 Å². The van der Waals surface area contributed by atoms with Crippen molar-refractivity contribution >= 4 is 43.5 Å². The second-order valence-electron chi connectivity index (χ2n) is 7.69. The zero-order valence-corrected chi connectivity index (χ0v) is 17.8. The number of hydrogen-bond donors (Lipinski definition) is 0. The zero-order valence-electron chi connectivity index (χ0n) is 16.9. The van der Waals surface area contributed by atoms with Crippen LogP contribution in [0.25, 0.3) is 21.9 Å². The van der Waals surface area contributed by atoms with E-state index < -0.39 is 21.6 Å². The lowest BCUT2D eigenvalue weighted by Gasteiger charge is -2.19. The number of ketones is 1. The first-order chi connectivity index (χ1) is 15.9. The Labute approximate surface area is 187 Å². The maximum atomic E-state index is 13.1. The van der Waals surface area contributed by atoms with Crippen molar-refractivity contribution in [2.45, 2.75) is 9.79 Å². The summed E-state index contributed by atoms with van der Waals surface area (Å²) in [6.07, 6.45) is 0. The molecule has 0 saturated heterocycles. The fourth-order valence-electron chi connectivity index (χ4n) is 4.15. The van der Waals surface area contributed by atoms with Gasteiger partial charge in [-0.05, 0) is 54.6 Å². The summed E-state index contributed by atoms with van der Waals surface area (Å²) in [6, 6.07) is 22.6. The first-order valence-corrected chi connectivity index (χ1v) is 11.6. The third-order valence-corrected chi connectivity index (χ3v) is 7.58. The summed E-state index contributed by atoms with van der Waals surface area (Å²) in [4.78, 5) is 25.4. The molecule has 0 N–H and O–H groups in total. The molecule has 0 fully saturated rings. The predicted molar refractivity (Wildman–Crippen MR) is 120 cm³/mol. The lowest BCUT2D eigenvalue weighted by Crippen LogP contribution is -2.21. The van der Waals surface area contributed by atoms with Gasteiger partial charge < -0.3 is 9.15 Å². The van der Waals surface area contributed by atoms with Gasteiger partial charge in [0.25, 0.3) is 0 Å². The van der Waals surface area contributed by atoms with Crippen molar-refractivity contribution in [3.63, 3.8) is 0 Å². The number of para-hydroxylation sites is 1. The third kappa shape index (κ3) is 2.90. The van der Waals surface area contributed by atoms with Crippen LogP contribution >= 0.6 is 0 Å². The molecule has 1 aliphatic heterocycles. The molecule has 6 nitrogen and oxygen atoms in total. The average Bonchev–Trinajstić information content (AvgIpc) is 3.20. The van der Waals surface area contributed by atoms with Crippen LogP contribution in [0.5, 0.6) is 5.75 Å². The minimum Gasteiger partial charge on any atom is -0.456 e. The molecule has 0 spiro atoms. The lowest BCUT2D eigenvalue weighted by atomic mass is 10.0. The van der Waals surface area contributed by atoms with E-state index in [2.05, 4.69) is 0 Å². The van der Waals surface area contributed by atoms with Crippen LogP contribution in [0, 0.1) is 0 Å². The van der Waals surface area contributed by atoms with E-state index in [4.69, 9.17) is 9.15 Å². The summed E-state index contributed by atoms with van der Waals surface area (Å²) in [5.41, 5.74) is 1.58. The van der Waals surface area contributed by atoms with E-state index in [0.717, 1.165) is 16.4 Å². The number of carbonyl (C=O) groups excluding carboxylic acids is 2. The molecule has 4 aromatic carbocycles. The maximum Gasteiger partial charge on any atom is 0.343 e. The van der Waals surface area contributed by atoms with Gasteiger partial charge in [0, 0.05) is 21.9 Å². The molecule has 0 bridgehead atoms. The minimum atomic E-state index is -3.95. The Kier molecular flexibility index (Phi) is 4.06. The molecular weight excluding hydrogens is 440 g/mol. The minimum absolute atomic E-state index is 0.0293. The fraction of sp³-hybridized carbons (Fsp3) is 0. The third-order valence-electron chi connectivity index (χ3n) is 5.73. The molecule has 1 aliphatic rings. The van der Waals surface area contributed by atoms with Gasteiger partial charge in [0.15, 0.2) is 5.78 Å². The van der Waals surface area contributed by atoms with E-state index in [1.54, 1.807) is 30.3 Å². The summed E-state index contributed by atoms with van der Waals surface area (Å²) >= 11 is 0. The normalized spacial score (nSPS) is 14.1. The van der Waals surface area contributed by atoms with E-state index in [0.29, 0.717) is 11.3 Å². The number of sulfone groups is 1. The Morgan fingerprint density at radius 1 is 0.727 bits per heavy atom. The number of fused-ring (bicyclic) bond motifs is 5. The molecule has 0 aliphatic carbocycles. The van der Waals surface area contributed by atoms with Crippen molar-refractivity contribution < 1.29 is 27.2 Å². The molecule has 7 heteroatoms. The van der Waals surface area contributed by atoms with Crippen LogP contribution in [-0.4, -0.2) is 20.2 Å². The molecule has 160 valence electrons. The van der Waals surface area contributed by atoms with Gasteiger partial charge >= 0.3 is 5.97 Å². The van der Waals surface area contributed by atoms with E-state index >= 15 is 0 Å². The fourth-order valence-corrected chi connectivity index (χ4v) is 5.82. The molecule has 6 rings (SSSR count). The molecule has 2 heterocycles. The molecule has 33 heavy (non-hydrogen) atoms. The number of benzene rings is 4. The highest BCUT2D eigenvalue weighted by atomic mass is 32.2. The quantitative estimate of drug-likeness (QED) is 0.264. The smallest absolute Gasteiger partial charge is 0.343 e. The van der Waals surface area contributed by atoms with Gasteiger partial charge in [-0.1, -0.05) is 30.3 Å². The van der Waals surface area contributed by atoms with Gasteiger partial charge in [-0.15, -0.1) is 0 Å². The van der Waals surface area contributed by atoms with Crippen LogP contribution in [0.3, 0.4) is 0 Å². The lowest BCUT2D eigenvalue weighted by molar-refractivity contribution is 0.0734. The van der Waals surface area contributed by atoms with Gasteiger partial charge in [0.05, 0.1) is 15.4 Å². The monoisotopic (exact) mass is 454 g/mol. The van der Waals surface area contributed by atoms with E-state index in [1.807, 2.05) is 24.3 Å². The number of rotatable bonds is 2. The average molecular weight is 454 g/mol. The molecule has 1 aromatic heterocycles. The largest absolute Gasteiger partial charge is 0.456 e. The van der Waals surface area contributed by atoms with Crippen molar-refractivity contribution in [1.29, 1.82) is 0 Å². The van der Waals surface area contributed by atoms with Crippen LogP contribution < -0.4 is 4.74 Å². The predicted octanol–water partition coefficient (Wildman–Crippen LogP) is 5.18. The van der Waals surface area contributed by atoms with E-state index in [9.17, 15) is 18.0 Å². The SMILES string of the molecule is O=C(Oc1ccc2oc3ccccc3c2c1)c1ccc2c(c1)S(=O)(=O)c1ccccc1C2=O. The van der Waals surface area contributed by atoms with Crippen LogP contribution in [-0.2, 0) is 9.84 Å². The highest BCUT2D eigenvalue weighted by Gasteiger charge is 2.35. The van der Waals surface area contributed by atoms with Crippen LogP contribution in [0.2, 0.25) is 0 Å². The number of furan rings is 1. The topological polar surface area (TPSA) is 90.7 Å². The van der Waals surface area contributed by atoms with Crippen molar-refractivity contribution in [1.82, 2.24) is 0 Å². The summed E-state index contributed by atoms with van der Waals surface area (Å²) in [7, 11) is -3.95. The first kappa shape index (κ1) is 19.5. The van der Waals surface area contributed by atoms with Gasteiger partial charge in [-0.25, -0.2) is 13.2 Å². The summed E-state index contributed by atoms with van der Waals surface area (Å²) in [6.45, 7) is 0. The molecule has 5 aromatic rings. The Morgan fingerprint density at radius 2 is 1.45 bits per heavy atom. The molecule has 0 unspecified atom stereocenters. The highest BCUT2D eigenvalue weighted by molar-refractivity contribution is 7.91. The zero-order chi connectivity index (χ0) is 22.7. The van der Waals surface area contributed by atoms with E-state index in [-0.39, 0.29) is 26.5 Å². The molecular formula is C26H14O6S. The summed E-state index contributed by atoms with van der Waals surface area (Å²) < 4.78 is 37.5. The number of carbonyl (C=O) groups is 2. The van der Waals surface area contributed by atoms with Crippen molar-refractivity contribution in [3.8, 4) is 5.75 Å². The molecule has 0 atom stereocenters. The number of esters is 1. The maximum absolute atomic E-state index is 13.1. The Hall–Kier alpha value is -4.23. The first-order valence-electron chi connectivity index (χ1n) is 10.1. The molecule has 0 amide bonds. The second-order valence-corrected chi connectivity index (χ2v) is 9.57. The highest BCUT2D eigenvalue weighted by Crippen LogP contribution is 2.35. The Morgan fingerprint density at radius 3 is 2.33 bits per heavy atom. The van der Waals surface area contributed by atoms with Gasteiger partial charge in [-0.3, -0.25) is 4.79 Å². The number of hydrogen-bond acceptors (Lipinski definition) is 6. The van der Waals surface area contributed by atoms with Crippen molar-refractivity contribution in [3.05, 3.63) is 102 Å². The summed E-state index contributed by atoms with van der Waals surface area (Å²) in [5.74, 6) is -0.833. The van der Waals surface area contributed by atoms with Gasteiger partial charge in [0.1, 0.15) is 16.9 Å². The second kappa shape index (κ2) is 6.88. The Bertz CT molecular complexity index is 1740. The number of ether oxygens (including phenoxy) is 1. The Balaban J connectivity index is 1.38. The van der Waals surface area contributed by atoms with Crippen LogP contribution in [0.1, 0.15) is 26.3 Å². The van der Waals surface area contributed by atoms with Crippen molar-refractivity contribution in [2.75, 3.05) is 0 Å². The van der Waals surface area contributed by atoms with Crippen LogP contribution in [0.15, 0.2) is 99.1 Å². The summed E-state index contributed by atoms with van der Waals surface area (Å²) in [5, 5.41) is 1.69.